The Bertz CT molecular complexity index is 398. The lowest BCUT2D eigenvalue weighted by atomic mass is 10.0. The Balaban J connectivity index is 2.64. The Morgan fingerprint density at radius 2 is 1.90 bits per heavy atom. The van der Waals surface area contributed by atoms with Gasteiger partial charge in [0, 0.05) is 26.7 Å². The van der Waals surface area contributed by atoms with Gasteiger partial charge >= 0.3 is 12.0 Å². The number of carbonyl (C=O) groups is 3. The Morgan fingerprint density at radius 1 is 1.24 bits per heavy atom. The molecule has 1 aliphatic rings. The van der Waals surface area contributed by atoms with Gasteiger partial charge in [-0.2, -0.15) is 0 Å². The van der Waals surface area contributed by atoms with Crippen molar-refractivity contribution in [3.8, 4) is 0 Å². The van der Waals surface area contributed by atoms with E-state index in [9.17, 15) is 14.4 Å². The topological polar surface area (TPSA) is 90.0 Å². The standard InChI is InChI=1S/C14H25N3O4/c1-4-8-17(9-12(18)16(2)3)14(21)15-11-7-5-6-10(11)13(19)20/h10-11H,4-9H2,1-3H3,(H,15,21)(H,19,20). The summed E-state index contributed by atoms with van der Waals surface area (Å²) in [6, 6.07) is -0.700. The fourth-order valence-electron chi connectivity index (χ4n) is 2.51. The van der Waals surface area contributed by atoms with E-state index >= 15 is 0 Å². The van der Waals surface area contributed by atoms with Gasteiger partial charge in [0.15, 0.2) is 0 Å². The summed E-state index contributed by atoms with van der Waals surface area (Å²) in [6.45, 7) is 2.41. The molecule has 0 aliphatic heterocycles. The summed E-state index contributed by atoms with van der Waals surface area (Å²) >= 11 is 0. The number of nitrogens with zero attached hydrogens (tertiary/aromatic N) is 2. The first kappa shape index (κ1) is 17.3. The number of aliphatic carboxylic acids is 1. The van der Waals surface area contributed by atoms with E-state index in [0.29, 0.717) is 19.4 Å². The van der Waals surface area contributed by atoms with Crippen molar-refractivity contribution in [1.82, 2.24) is 15.1 Å². The summed E-state index contributed by atoms with van der Waals surface area (Å²) in [6.07, 6.45) is 2.79. The zero-order valence-corrected chi connectivity index (χ0v) is 13.0. The van der Waals surface area contributed by atoms with Gasteiger partial charge in [0.25, 0.3) is 0 Å². The summed E-state index contributed by atoms with van der Waals surface area (Å²) < 4.78 is 0. The molecular formula is C14H25N3O4. The fourth-order valence-corrected chi connectivity index (χ4v) is 2.51. The van der Waals surface area contributed by atoms with Crippen molar-refractivity contribution in [2.24, 2.45) is 5.92 Å². The number of amides is 3. The van der Waals surface area contributed by atoms with Crippen LogP contribution in [0.4, 0.5) is 4.79 Å². The van der Waals surface area contributed by atoms with E-state index in [1.54, 1.807) is 14.1 Å². The number of urea groups is 1. The van der Waals surface area contributed by atoms with E-state index in [-0.39, 0.29) is 24.5 Å². The van der Waals surface area contributed by atoms with Crippen molar-refractivity contribution >= 4 is 17.9 Å². The van der Waals surface area contributed by atoms with E-state index in [1.165, 1.54) is 9.80 Å². The maximum atomic E-state index is 12.3. The van der Waals surface area contributed by atoms with Crippen LogP contribution in [0.15, 0.2) is 0 Å². The van der Waals surface area contributed by atoms with Crippen LogP contribution in [0.2, 0.25) is 0 Å². The molecule has 0 aromatic heterocycles. The summed E-state index contributed by atoms with van der Waals surface area (Å²) in [7, 11) is 3.28. The van der Waals surface area contributed by atoms with Crippen LogP contribution >= 0.6 is 0 Å². The molecule has 0 bridgehead atoms. The molecule has 2 unspecified atom stereocenters. The number of nitrogens with one attached hydrogen (secondary N) is 1. The van der Waals surface area contributed by atoms with Crippen LogP contribution in [0.5, 0.6) is 0 Å². The first-order chi connectivity index (χ1) is 9.86. The molecule has 1 fully saturated rings. The second-order valence-electron chi connectivity index (χ2n) is 5.64. The van der Waals surface area contributed by atoms with Gasteiger partial charge in [-0.1, -0.05) is 13.3 Å². The molecule has 1 aliphatic carbocycles. The van der Waals surface area contributed by atoms with Gasteiger partial charge in [-0.25, -0.2) is 4.79 Å². The zero-order chi connectivity index (χ0) is 16.0. The highest BCUT2D eigenvalue weighted by Crippen LogP contribution is 2.25. The smallest absolute Gasteiger partial charge is 0.318 e. The van der Waals surface area contributed by atoms with E-state index in [4.69, 9.17) is 5.11 Å². The first-order valence-electron chi connectivity index (χ1n) is 7.35. The number of carboxylic acid groups (broad SMARTS) is 1. The van der Waals surface area contributed by atoms with Crippen molar-refractivity contribution in [3.63, 3.8) is 0 Å². The molecule has 7 nitrogen and oxygen atoms in total. The zero-order valence-electron chi connectivity index (χ0n) is 13.0. The number of hydrogen-bond acceptors (Lipinski definition) is 3. The van der Waals surface area contributed by atoms with Gasteiger partial charge in [0.1, 0.15) is 6.54 Å². The van der Waals surface area contributed by atoms with Gasteiger partial charge in [0.05, 0.1) is 5.92 Å². The van der Waals surface area contributed by atoms with Gasteiger partial charge < -0.3 is 20.2 Å². The average molecular weight is 299 g/mol. The van der Waals surface area contributed by atoms with Crippen LogP contribution in [0.3, 0.4) is 0 Å². The van der Waals surface area contributed by atoms with Crippen molar-refractivity contribution in [2.45, 2.75) is 38.6 Å². The summed E-state index contributed by atoms with van der Waals surface area (Å²) in [4.78, 5) is 38.0. The van der Waals surface area contributed by atoms with Gasteiger partial charge in [-0.15, -0.1) is 0 Å². The lowest BCUT2D eigenvalue weighted by molar-refractivity contribution is -0.142. The predicted octanol–water partition coefficient (Wildman–Crippen LogP) is 0.750. The van der Waals surface area contributed by atoms with Gasteiger partial charge in [-0.05, 0) is 19.3 Å². The largest absolute Gasteiger partial charge is 0.481 e. The van der Waals surface area contributed by atoms with Gasteiger partial charge in [0.2, 0.25) is 5.91 Å². The number of rotatable bonds is 6. The number of likely N-dealkylation sites (N-methyl/N-ethyl adjacent to an activating group) is 1. The second kappa shape index (κ2) is 7.85. The van der Waals surface area contributed by atoms with E-state index in [2.05, 4.69) is 5.32 Å². The van der Waals surface area contributed by atoms with Crippen LogP contribution in [0.25, 0.3) is 0 Å². The molecular weight excluding hydrogens is 274 g/mol. The lowest BCUT2D eigenvalue weighted by Crippen LogP contribution is -2.50. The third-order valence-electron chi connectivity index (χ3n) is 3.75. The minimum absolute atomic E-state index is 0.0110. The molecule has 0 aromatic carbocycles. The third-order valence-corrected chi connectivity index (χ3v) is 3.75. The maximum absolute atomic E-state index is 12.3. The van der Waals surface area contributed by atoms with E-state index < -0.39 is 11.9 Å². The number of carboxylic acids is 1. The predicted molar refractivity (Wildman–Crippen MR) is 77.9 cm³/mol. The Labute approximate surface area is 125 Å². The fraction of sp³-hybridized carbons (Fsp3) is 0.786. The SMILES string of the molecule is CCCN(CC(=O)N(C)C)C(=O)NC1CCCC1C(=O)O. The van der Waals surface area contributed by atoms with E-state index in [0.717, 1.165) is 12.8 Å². The third kappa shape index (κ3) is 4.91. The average Bonchev–Trinajstić information content (AvgIpc) is 2.86. The molecule has 1 rings (SSSR count). The normalized spacial score (nSPS) is 20.9. The minimum atomic E-state index is -0.871. The Hall–Kier alpha value is -1.79. The van der Waals surface area contributed by atoms with Crippen LogP contribution in [-0.4, -0.2) is 66.0 Å². The van der Waals surface area contributed by atoms with Crippen LogP contribution in [0, 0.1) is 5.92 Å². The van der Waals surface area contributed by atoms with Crippen molar-refractivity contribution in [2.75, 3.05) is 27.2 Å². The highest BCUT2D eigenvalue weighted by Gasteiger charge is 2.34. The minimum Gasteiger partial charge on any atom is -0.481 e. The summed E-state index contributed by atoms with van der Waals surface area (Å²) in [5.41, 5.74) is 0. The molecule has 3 amide bonds. The molecule has 0 spiro atoms. The molecule has 0 radical (unpaired) electrons. The molecule has 7 heteroatoms. The van der Waals surface area contributed by atoms with Gasteiger partial charge in [-0.3, -0.25) is 9.59 Å². The molecule has 2 atom stereocenters. The molecule has 120 valence electrons. The quantitative estimate of drug-likeness (QED) is 0.757. The molecule has 2 N–H and O–H groups in total. The first-order valence-corrected chi connectivity index (χ1v) is 7.35. The van der Waals surface area contributed by atoms with Crippen molar-refractivity contribution in [3.05, 3.63) is 0 Å². The number of carbonyl (C=O) groups excluding carboxylic acids is 2. The second-order valence-corrected chi connectivity index (χ2v) is 5.64. The summed E-state index contributed by atoms with van der Waals surface area (Å²) in [5, 5.41) is 11.9. The molecule has 21 heavy (non-hydrogen) atoms. The van der Waals surface area contributed by atoms with Crippen molar-refractivity contribution in [1.29, 1.82) is 0 Å². The number of hydrogen-bond donors (Lipinski definition) is 2. The van der Waals surface area contributed by atoms with Crippen molar-refractivity contribution < 1.29 is 19.5 Å². The van der Waals surface area contributed by atoms with Crippen LogP contribution < -0.4 is 5.32 Å². The summed E-state index contributed by atoms with van der Waals surface area (Å²) in [5.74, 6) is -1.55. The van der Waals surface area contributed by atoms with E-state index in [1.807, 2.05) is 6.92 Å². The lowest BCUT2D eigenvalue weighted by Gasteiger charge is -2.26. The molecule has 0 saturated heterocycles. The molecule has 1 saturated carbocycles. The molecule has 0 aromatic rings. The Morgan fingerprint density at radius 3 is 2.43 bits per heavy atom. The Kier molecular flexibility index (Phi) is 6.45. The highest BCUT2D eigenvalue weighted by molar-refractivity contribution is 5.84. The maximum Gasteiger partial charge on any atom is 0.318 e. The monoisotopic (exact) mass is 299 g/mol. The van der Waals surface area contributed by atoms with Crippen LogP contribution in [-0.2, 0) is 9.59 Å². The van der Waals surface area contributed by atoms with Crippen LogP contribution in [0.1, 0.15) is 32.6 Å². The molecule has 0 heterocycles. The highest BCUT2D eigenvalue weighted by atomic mass is 16.4.